The standard InChI is InChI=1S/C15H14F2N2O2/c1-8-3-4-9(5-11(8)16)19-14-6-10(15(20)21-2)13(18)7-12(14)17/h3-7,19H,18H2,1-2H3. The molecule has 0 saturated heterocycles. The molecule has 2 aromatic carbocycles. The summed E-state index contributed by atoms with van der Waals surface area (Å²) in [5, 5.41) is 2.71. The summed E-state index contributed by atoms with van der Waals surface area (Å²) in [6, 6.07) is 6.65. The second kappa shape index (κ2) is 5.78. The molecule has 0 spiro atoms. The number of nitrogen functional groups attached to an aromatic ring is 1. The van der Waals surface area contributed by atoms with Gasteiger partial charge in [0.1, 0.15) is 11.6 Å². The maximum absolute atomic E-state index is 13.9. The summed E-state index contributed by atoms with van der Waals surface area (Å²) in [5.74, 6) is -1.74. The molecule has 6 heteroatoms. The monoisotopic (exact) mass is 292 g/mol. The average molecular weight is 292 g/mol. The minimum Gasteiger partial charge on any atom is -0.465 e. The quantitative estimate of drug-likeness (QED) is 0.672. The Kier molecular flexibility index (Phi) is 4.07. The lowest BCUT2D eigenvalue weighted by Crippen LogP contribution is -2.07. The summed E-state index contributed by atoms with van der Waals surface area (Å²) in [5.41, 5.74) is 6.43. The van der Waals surface area contributed by atoms with E-state index in [9.17, 15) is 13.6 Å². The molecule has 0 radical (unpaired) electrons. The summed E-state index contributed by atoms with van der Waals surface area (Å²) in [6.07, 6.45) is 0. The molecule has 0 aliphatic rings. The Labute approximate surface area is 120 Å². The molecule has 4 nitrogen and oxygen atoms in total. The van der Waals surface area contributed by atoms with Crippen molar-refractivity contribution in [1.82, 2.24) is 0 Å². The van der Waals surface area contributed by atoms with Crippen LogP contribution in [0.1, 0.15) is 15.9 Å². The first kappa shape index (κ1) is 14.8. The van der Waals surface area contributed by atoms with Gasteiger partial charge in [-0.2, -0.15) is 0 Å². The van der Waals surface area contributed by atoms with Gasteiger partial charge in [0.05, 0.1) is 18.4 Å². The van der Waals surface area contributed by atoms with Crippen LogP contribution in [0.2, 0.25) is 0 Å². The minimum atomic E-state index is -0.675. The SMILES string of the molecule is COC(=O)c1cc(Nc2ccc(C)c(F)c2)c(F)cc1N. The van der Waals surface area contributed by atoms with E-state index in [1.54, 1.807) is 19.1 Å². The number of benzene rings is 2. The maximum atomic E-state index is 13.9. The molecular weight excluding hydrogens is 278 g/mol. The van der Waals surface area contributed by atoms with Crippen LogP contribution in [-0.2, 0) is 4.74 Å². The number of hydrogen-bond donors (Lipinski definition) is 2. The fourth-order valence-electron chi connectivity index (χ4n) is 1.80. The average Bonchev–Trinajstić information content (AvgIpc) is 2.45. The van der Waals surface area contributed by atoms with Gasteiger partial charge in [-0.05, 0) is 36.8 Å². The van der Waals surface area contributed by atoms with E-state index in [1.165, 1.54) is 19.2 Å². The van der Waals surface area contributed by atoms with Crippen molar-refractivity contribution in [3.05, 3.63) is 53.1 Å². The van der Waals surface area contributed by atoms with Gasteiger partial charge in [0.15, 0.2) is 0 Å². The van der Waals surface area contributed by atoms with Crippen molar-refractivity contribution < 1.29 is 18.3 Å². The van der Waals surface area contributed by atoms with Crippen molar-refractivity contribution >= 4 is 23.0 Å². The molecule has 0 amide bonds. The molecule has 0 aliphatic heterocycles. The number of halogens is 2. The first-order valence-electron chi connectivity index (χ1n) is 6.13. The number of nitrogens with one attached hydrogen (secondary N) is 1. The molecule has 0 fully saturated rings. The summed E-state index contributed by atoms with van der Waals surface area (Å²) in [6.45, 7) is 1.62. The van der Waals surface area contributed by atoms with E-state index in [2.05, 4.69) is 10.1 Å². The van der Waals surface area contributed by atoms with Gasteiger partial charge >= 0.3 is 5.97 Å². The molecule has 21 heavy (non-hydrogen) atoms. The van der Waals surface area contributed by atoms with Crippen LogP contribution in [0.3, 0.4) is 0 Å². The van der Waals surface area contributed by atoms with Gasteiger partial charge in [0.2, 0.25) is 0 Å². The van der Waals surface area contributed by atoms with Crippen molar-refractivity contribution in [2.24, 2.45) is 0 Å². The Morgan fingerprint density at radius 2 is 1.90 bits per heavy atom. The minimum absolute atomic E-state index is 0.00727. The highest BCUT2D eigenvalue weighted by atomic mass is 19.1. The number of aryl methyl sites for hydroxylation is 1. The first-order chi connectivity index (χ1) is 9.92. The van der Waals surface area contributed by atoms with E-state index in [-0.39, 0.29) is 16.9 Å². The number of carbonyl (C=O) groups is 1. The number of methoxy groups -OCH3 is 1. The zero-order valence-electron chi connectivity index (χ0n) is 11.5. The number of hydrogen-bond acceptors (Lipinski definition) is 4. The van der Waals surface area contributed by atoms with Crippen LogP contribution in [0.4, 0.5) is 25.8 Å². The summed E-state index contributed by atoms with van der Waals surface area (Å²) < 4.78 is 31.9. The predicted molar refractivity (Wildman–Crippen MR) is 76.6 cm³/mol. The second-order valence-corrected chi connectivity index (χ2v) is 4.50. The Bertz CT molecular complexity index is 702. The topological polar surface area (TPSA) is 64.3 Å². The number of carbonyl (C=O) groups excluding carboxylic acids is 1. The zero-order chi connectivity index (χ0) is 15.6. The van der Waals surface area contributed by atoms with Gasteiger partial charge in [-0.1, -0.05) is 6.07 Å². The first-order valence-corrected chi connectivity index (χ1v) is 6.13. The predicted octanol–water partition coefficient (Wildman–Crippen LogP) is 3.39. The fourth-order valence-corrected chi connectivity index (χ4v) is 1.80. The highest BCUT2D eigenvalue weighted by Crippen LogP contribution is 2.26. The lowest BCUT2D eigenvalue weighted by atomic mass is 10.1. The number of esters is 1. The molecular formula is C15H14F2N2O2. The Morgan fingerprint density at radius 1 is 1.19 bits per heavy atom. The molecule has 2 rings (SSSR count). The molecule has 110 valence electrons. The lowest BCUT2D eigenvalue weighted by Gasteiger charge is -2.11. The molecule has 2 aromatic rings. The normalized spacial score (nSPS) is 10.3. The molecule has 0 aromatic heterocycles. The Morgan fingerprint density at radius 3 is 2.52 bits per heavy atom. The Balaban J connectivity index is 2.39. The molecule has 0 saturated carbocycles. The van der Waals surface area contributed by atoms with Crippen LogP contribution in [0, 0.1) is 18.6 Å². The van der Waals surface area contributed by atoms with Gasteiger partial charge < -0.3 is 15.8 Å². The molecule has 0 heterocycles. The van der Waals surface area contributed by atoms with Gasteiger partial charge in [-0.15, -0.1) is 0 Å². The smallest absolute Gasteiger partial charge is 0.340 e. The van der Waals surface area contributed by atoms with Crippen molar-refractivity contribution in [2.45, 2.75) is 6.92 Å². The molecule has 0 bridgehead atoms. The summed E-state index contributed by atoms with van der Waals surface area (Å²) >= 11 is 0. The third-order valence-corrected chi connectivity index (χ3v) is 3.00. The van der Waals surface area contributed by atoms with Crippen LogP contribution in [0.5, 0.6) is 0 Å². The van der Waals surface area contributed by atoms with Crippen LogP contribution in [-0.4, -0.2) is 13.1 Å². The van der Waals surface area contributed by atoms with Crippen LogP contribution in [0.15, 0.2) is 30.3 Å². The molecule has 0 unspecified atom stereocenters. The van der Waals surface area contributed by atoms with Crippen LogP contribution < -0.4 is 11.1 Å². The Hall–Kier alpha value is -2.63. The third kappa shape index (κ3) is 3.10. The summed E-state index contributed by atoms with van der Waals surface area (Å²) in [4.78, 5) is 11.5. The van der Waals surface area contributed by atoms with Crippen molar-refractivity contribution in [1.29, 1.82) is 0 Å². The lowest BCUT2D eigenvalue weighted by molar-refractivity contribution is 0.0602. The number of rotatable bonds is 3. The second-order valence-electron chi connectivity index (χ2n) is 4.50. The van der Waals surface area contributed by atoms with Crippen LogP contribution in [0.25, 0.3) is 0 Å². The summed E-state index contributed by atoms with van der Waals surface area (Å²) in [7, 11) is 1.20. The van der Waals surface area contributed by atoms with E-state index in [1.807, 2.05) is 0 Å². The highest BCUT2D eigenvalue weighted by molar-refractivity contribution is 5.96. The number of anilines is 3. The maximum Gasteiger partial charge on any atom is 0.340 e. The number of ether oxygens (including phenoxy) is 1. The van der Waals surface area contributed by atoms with E-state index >= 15 is 0 Å². The zero-order valence-corrected chi connectivity index (χ0v) is 11.5. The van der Waals surface area contributed by atoms with Crippen molar-refractivity contribution in [2.75, 3.05) is 18.2 Å². The molecule has 3 N–H and O–H groups in total. The van der Waals surface area contributed by atoms with Gasteiger partial charge in [-0.25, -0.2) is 13.6 Å². The van der Waals surface area contributed by atoms with Crippen molar-refractivity contribution in [3.8, 4) is 0 Å². The van der Waals surface area contributed by atoms with Crippen LogP contribution >= 0.6 is 0 Å². The van der Waals surface area contributed by atoms with E-state index in [0.29, 0.717) is 11.3 Å². The molecule has 0 atom stereocenters. The highest BCUT2D eigenvalue weighted by Gasteiger charge is 2.15. The third-order valence-electron chi connectivity index (χ3n) is 3.00. The largest absolute Gasteiger partial charge is 0.465 e. The van der Waals surface area contributed by atoms with E-state index in [0.717, 1.165) is 6.07 Å². The number of nitrogens with two attached hydrogens (primary N) is 1. The van der Waals surface area contributed by atoms with Gasteiger partial charge in [0, 0.05) is 11.4 Å². The fraction of sp³-hybridized carbons (Fsp3) is 0.133. The van der Waals surface area contributed by atoms with Gasteiger partial charge in [0.25, 0.3) is 0 Å². The van der Waals surface area contributed by atoms with Gasteiger partial charge in [-0.3, -0.25) is 0 Å². The van der Waals surface area contributed by atoms with E-state index < -0.39 is 17.6 Å². The van der Waals surface area contributed by atoms with E-state index in [4.69, 9.17) is 5.73 Å². The molecule has 0 aliphatic carbocycles. The van der Waals surface area contributed by atoms with Crippen molar-refractivity contribution in [3.63, 3.8) is 0 Å².